The molecular formula is C18H13F5N2O3. The highest BCUT2D eigenvalue weighted by Crippen LogP contribution is 2.32. The summed E-state index contributed by atoms with van der Waals surface area (Å²) in [5.41, 5.74) is -2.53. The van der Waals surface area contributed by atoms with E-state index in [2.05, 4.69) is 5.32 Å². The minimum atomic E-state index is -2.32. The van der Waals surface area contributed by atoms with Crippen molar-refractivity contribution in [1.29, 1.82) is 0 Å². The van der Waals surface area contributed by atoms with E-state index in [1.165, 1.54) is 38.3 Å². The Morgan fingerprint density at radius 3 is 1.93 bits per heavy atom. The zero-order valence-electron chi connectivity index (χ0n) is 14.6. The summed E-state index contributed by atoms with van der Waals surface area (Å²) in [7, 11) is 1.44. The molecule has 1 aliphatic rings. The van der Waals surface area contributed by atoms with Crippen LogP contribution >= 0.6 is 0 Å². The lowest BCUT2D eigenvalue weighted by molar-refractivity contribution is -0.131. The van der Waals surface area contributed by atoms with Gasteiger partial charge in [-0.1, -0.05) is 12.1 Å². The quantitative estimate of drug-likeness (QED) is 0.371. The van der Waals surface area contributed by atoms with Gasteiger partial charge < -0.3 is 10.1 Å². The molecule has 1 fully saturated rings. The first-order valence-corrected chi connectivity index (χ1v) is 7.90. The van der Waals surface area contributed by atoms with Crippen LogP contribution in [0.3, 0.4) is 0 Å². The average Bonchev–Trinajstić information content (AvgIpc) is 2.91. The molecule has 28 heavy (non-hydrogen) atoms. The topological polar surface area (TPSA) is 58.6 Å². The van der Waals surface area contributed by atoms with Crippen LogP contribution in [0.1, 0.15) is 18.1 Å². The number of urea groups is 1. The van der Waals surface area contributed by atoms with Crippen LogP contribution in [0.5, 0.6) is 5.75 Å². The van der Waals surface area contributed by atoms with Gasteiger partial charge in [0.1, 0.15) is 11.3 Å². The first-order valence-electron chi connectivity index (χ1n) is 7.90. The van der Waals surface area contributed by atoms with Crippen molar-refractivity contribution >= 4 is 11.9 Å². The zero-order chi connectivity index (χ0) is 20.8. The Labute approximate surface area is 155 Å². The van der Waals surface area contributed by atoms with E-state index in [1.54, 1.807) is 0 Å². The Kier molecular flexibility index (Phi) is 4.74. The highest BCUT2D eigenvalue weighted by molar-refractivity contribution is 6.07. The highest BCUT2D eigenvalue weighted by Gasteiger charge is 2.49. The SMILES string of the molecule is COc1ccc(C2(C)NC(=O)N(Cc3c(F)c(F)c(F)c(F)c3F)C2=O)cc1. The maximum Gasteiger partial charge on any atom is 0.325 e. The van der Waals surface area contributed by atoms with Gasteiger partial charge in [-0.05, 0) is 24.6 Å². The third-order valence-corrected chi connectivity index (χ3v) is 4.56. The van der Waals surface area contributed by atoms with Crippen LogP contribution in [0.15, 0.2) is 24.3 Å². The number of halogens is 5. The molecule has 1 atom stereocenters. The summed E-state index contributed by atoms with van der Waals surface area (Å²) in [5, 5.41) is 2.37. The number of carbonyl (C=O) groups excluding carboxylic acids is 2. The summed E-state index contributed by atoms with van der Waals surface area (Å²) >= 11 is 0. The predicted molar refractivity (Wildman–Crippen MR) is 85.7 cm³/mol. The number of carbonyl (C=O) groups is 2. The van der Waals surface area contributed by atoms with Crippen molar-refractivity contribution in [2.24, 2.45) is 0 Å². The fourth-order valence-electron chi connectivity index (χ4n) is 2.91. The first-order chi connectivity index (χ1) is 13.1. The number of nitrogens with zero attached hydrogens (tertiary/aromatic N) is 1. The molecule has 2 aromatic carbocycles. The molecule has 3 rings (SSSR count). The van der Waals surface area contributed by atoms with Gasteiger partial charge in [-0.15, -0.1) is 0 Å². The Hall–Kier alpha value is -3.17. The number of amides is 3. The number of rotatable bonds is 4. The van der Waals surface area contributed by atoms with E-state index in [4.69, 9.17) is 4.74 Å². The molecule has 1 N–H and O–H groups in total. The fourth-order valence-corrected chi connectivity index (χ4v) is 2.91. The van der Waals surface area contributed by atoms with Gasteiger partial charge in [0, 0.05) is 5.56 Å². The second-order valence-electron chi connectivity index (χ2n) is 6.22. The van der Waals surface area contributed by atoms with Crippen molar-refractivity contribution < 1.29 is 36.3 Å². The summed E-state index contributed by atoms with van der Waals surface area (Å²) in [4.78, 5) is 25.4. The van der Waals surface area contributed by atoms with Gasteiger partial charge in [-0.3, -0.25) is 9.69 Å². The maximum atomic E-state index is 13.9. The molecule has 0 saturated carbocycles. The Balaban J connectivity index is 1.97. The molecule has 5 nitrogen and oxygen atoms in total. The van der Waals surface area contributed by atoms with E-state index in [9.17, 15) is 31.5 Å². The molecule has 148 valence electrons. The minimum Gasteiger partial charge on any atom is -0.497 e. The van der Waals surface area contributed by atoms with Crippen molar-refractivity contribution in [3.63, 3.8) is 0 Å². The number of methoxy groups -OCH3 is 1. The number of hydrogen-bond acceptors (Lipinski definition) is 3. The maximum absolute atomic E-state index is 13.9. The lowest BCUT2D eigenvalue weighted by atomic mass is 9.92. The third kappa shape index (κ3) is 2.85. The smallest absolute Gasteiger partial charge is 0.325 e. The van der Waals surface area contributed by atoms with E-state index in [0.29, 0.717) is 16.2 Å². The Morgan fingerprint density at radius 1 is 0.929 bits per heavy atom. The molecular weight excluding hydrogens is 387 g/mol. The summed E-state index contributed by atoms with van der Waals surface area (Å²) in [6.07, 6.45) is 0. The Morgan fingerprint density at radius 2 is 1.43 bits per heavy atom. The van der Waals surface area contributed by atoms with E-state index >= 15 is 0 Å². The Bertz CT molecular complexity index is 951. The normalized spacial score (nSPS) is 19.2. The van der Waals surface area contributed by atoms with Crippen molar-refractivity contribution in [1.82, 2.24) is 10.2 Å². The van der Waals surface area contributed by atoms with Gasteiger partial charge in [0.25, 0.3) is 5.91 Å². The van der Waals surface area contributed by atoms with Crippen LogP contribution in [0.2, 0.25) is 0 Å². The van der Waals surface area contributed by atoms with Gasteiger partial charge in [-0.25, -0.2) is 26.7 Å². The molecule has 10 heteroatoms. The van der Waals surface area contributed by atoms with Crippen molar-refractivity contribution in [2.45, 2.75) is 19.0 Å². The lowest BCUT2D eigenvalue weighted by Crippen LogP contribution is -2.40. The highest BCUT2D eigenvalue weighted by atomic mass is 19.2. The van der Waals surface area contributed by atoms with E-state index in [1.807, 2.05) is 0 Å². The minimum absolute atomic E-state index is 0.339. The van der Waals surface area contributed by atoms with Crippen LogP contribution in [-0.4, -0.2) is 23.9 Å². The largest absolute Gasteiger partial charge is 0.497 e. The summed E-state index contributed by atoms with van der Waals surface area (Å²) < 4.78 is 72.8. The fraction of sp³-hybridized carbons (Fsp3) is 0.222. The zero-order valence-corrected chi connectivity index (χ0v) is 14.6. The summed E-state index contributed by atoms with van der Waals surface area (Å²) in [6.45, 7) is 0.232. The van der Waals surface area contributed by atoms with Crippen molar-refractivity contribution in [2.75, 3.05) is 7.11 Å². The van der Waals surface area contributed by atoms with Gasteiger partial charge in [0.05, 0.1) is 13.7 Å². The van der Waals surface area contributed by atoms with Crippen LogP contribution in [0.25, 0.3) is 0 Å². The van der Waals surface area contributed by atoms with E-state index < -0.39 is 58.7 Å². The van der Waals surface area contributed by atoms with E-state index in [-0.39, 0.29) is 0 Å². The van der Waals surface area contributed by atoms with Gasteiger partial charge in [0.2, 0.25) is 5.82 Å². The number of benzene rings is 2. The molecule has 0 aromatic heterocycles. The molecule has 3 amide bonds. The number of ether oxygens (including phenoxy) is 1. The molecule has 1 saturated heterocycles. The van der Waals surface area contributed by atoms with Crippen LogP contribution in [-0.2, 0) is 16.9 Å². The number of nitrogens with one attached hydrogen (secondary N) is 1. The second-order valence-corrected chi connectivity index (χ2v) is 6.22. The van der Waals surface area contributed by atoms with Gasteiger partial charge in [0.15, 0.2) is 23.3 Å². The van der Waals surface area contributed by atoms with Crippen LogP contribution < -0.4 is 10.1 Å². The monoisotopic (exact) mass is 400 g/mol. The first kappa shape index (κ1) is 19.6. The van der Waals surface area contributed by atoms with Crippen molar-refractivity contribution in [3.8, 4) is 5.75 Å². The molecule has 0 aliphatic carbocycles. The second kappa shape index (κ2) is 6.77. The molecule has 2 aromatic rings. The van der Waals surface area contributed by atoms with E-state index in [0.717, 1.165) is 0 Å². The molecule has 1 unspecified atom stereocenters. The third-order valence-electron chi connectivity index (χ3n) is 4.56. The number of hydrogen-bond donors (Lipinski definition) is 1. The number of imide groups is 1. The molecule has 0 radical (unpaired) electrons. The van der Waals surface area contributed by atoms with Gasteiger partial charge in [-0.2, -0.15) is 0 Å². The predicted octanol–water partition coefficient (Wildman–Crippen LogP) is 3.36. The average molecular weight is 400 g/mol. The van der Waals surface area contributed by atoms with Crippen LogP contribution in [0, 0.1) is 29.1 Å². The standard InChI is InChI=1S/C18H13F5N2O3/c1-18(8-3-5-9(28-2)6-4-8)16(26)25(17(27)24-18)7-10-11(19)13(21)15(23)14(22)12(10)20/h3-6H,7H2,1-2H3,(H,24,27). The molecule has 0 bridgehead atoms. The lowest BCUT2D eigenvalue weighted by Gasteiger charge is -2.22. The van der Waals surface area contributed by atoms with Gasteiger partial charge >= 0.3 is 6.03 Å². The molecule has 0 spiro atoms. The van der Waals surface area contributed by atoms with Crippen LogP contribution in [0.4, 0.5) is 26.7 Å². The molecule has 1 aliphatic heterocycles. The molecule has 1 heterocycles. The summed E-state index contributed by atoms with van der Waals surface area (Å²) in [5.74, 6) is -11.3. The van der Waals surface area contributed by atoms with Crippen molar-refractivity contribution in [3.05, 3.63) is 64.5 Å². The summed E-state index contributed by atoms with van der Waals surface area (Å²) in [6, 6.07) is 5.03.